The lowest BCUT2D eigenvalue weighted by atomic mass is 9.91. The minimum Gasteiger partial charge on any atom is -0.481 e. The summed E-state index contributed by atoms with van der Waals surface area (Å²) in [6.07, 6.45) is 0.380. The van der Waals surface area contributed by atoms with Crippen molar-refractivity contribution in [2.75, 3.05) is 0 Å². The van der Waals surface area contributed by atoms with Gasteiger partial charge in [-0.1, -0.05) is 42.0 Å². The number of carbonyl (C=O) groups is 1. The van der Waals surface area contributed by atoms with Crippen molar-refractivity contribution in [1.29, 1.82) is 0 Å². The predicted octanol–water partition coefficient (Wildman–Crippen LogP) is 4.02. The molecule has 0 heterocycles. The molecule has 4 nitrogen and oxygen atoms in total. The van der Waals surface area contributed by atoms with Gasteiger partial charge in [-0.05, 0) is 54.7 Å². The molecule has 0 radical (unpaired) electrons. The number of benzene rings is 2. The van der Waals surface area contributed by atoms with Gasteiger partial charge in [0.25, 0.3) is 0 Å². The van der Waals surface area contributed by atoms with Gasteiger partial charge in [-0.15, -0.1) is 0 Å². The minimum absolute atomic E-state index is 0.101. The summed E-state index contributed by atoms with van der Waals surface area (Å²) in [4.78, 5) is 10.6. The second kappa shape index (κ2) is 8.93. The summed E-state index contributed by atoms with van der Waals surface area (Å²) in [5, 5.41) is 28.4. The van der Waals surface area contributed by atoms with Crippen LogP contribution >= 0.6 is 0 Å². The third kappa shape index (κ3) is 5.49. The molecule has 0 saturated carbocycles. The van der Waals surface area contributed by atoms with Crippen LogP contribution in [0.1, 0.15) is 35.1 Å². The average Bonchev–Trinajstić information content (AvgIpc) is 2.57. The molecular weight excluding hydrogens is 347 g/mol. The van der Waals surface area contributed by atoms with Gasteiger partial charge in [0.1, 0.15) is 5.82 Å². The lowest BCUT2D eigenvalue weighted by Crippen LogP contribution is -2.19. The van der Waals surface area contributed by atoms with E-state index in [4.69, 9.17) is 5.11 Å². The number of aliphatic hydroxyl groups excluding tert-OH is 2. The average molecular weight is 372 g/mol. The molecule has 0 aromatic heterocycles. The zero-order valence-corrected chi connectivity index (χ0v) is 15.7. The van der Waals surface area contributed by atoms with Gasteiger partial charge in [0.15, 0.2) is 0 Å². The highest BCUT2D eigenvalue weighted by Gasteiger charge is 2.15. The van der Waals surface area contributed by atoms with Crippen LogP contribution in [0.2, 0.25) is 0 Å². The van der Waals surface area contributed by atoms with Gasteiger partial charge in [0, 0.05) is 6.42 Å². The fourth-order valence-corrected chi connectivity index (χ4v) is 3.09. The van der Waals surface area contributed by atoms with E-state index >= 15 is 0 Å². The number of hydrogen-bond donors (Lipinski definition) is 3. The van der Waals surface area contributed by atoms with E-state index < -0.39 is 24.6 Å². The van der Waals surface area contributed by atoms with Crippen molar-refractivity contribution in [3.05, 3.63) is 64.5 Å². The van der Waals surface area contributed by atoms with E-state index in [2.05, 4.69) is 0 Å². The zero-order valence-electron chi connectivity index (χ0n) is 15.7. The van der Waals surface area contributed by atoms with Gasteiger partial charge >= 0.3 is 5.97 Å². The van der Waals surface area contributed by atoms with Gasteiger partial charge < -0.3 is 15.3 Å². The Kier molecular flexibility index (Phi) is 6.88. The quantitative estimate of drug-likeness (QED) is 0.686. The Hall–Kier alpha value is -2.50. The minimum atomic E-state index is -1.14. The van der Waals surface area contributed by atoms with Crippen LogP contribution in [0, 0.1) is 26.6 Å². The van der Waals surface area contributed by atoms with E-state index in [0.717, 1.165) is 16.7 Å². The highest BCUT2D eigenvalue weighted by atomic mass is 19.1. The van der Waals surface area contributed by atoms with Crippen LogP contribution in [0.4, 0.5) is 4.39 Å². The standard InChI is InChI=1S/C22H25FO4/c1-13-5-4-6-16(9-13)20-10-14(2)22(23)15(3)19(20)8-7-17(24)11-18(25)12-21(26)27/h4-10,17-18,24-25H,11-12H2,1-3H3,(H,26,27)/b8-7+/t17-,18-/m1/s1. The molecule has 2 atom stereocenters. The second-order valence-corrected chi connectivity index (χ2v) is 6.88. The second-order valence-electron chi connectivity index (χ2n) is 6.88. The van der Waals surface area contributed by atoms with Crippen molar-refractivity contribution in [3.63, 3.8) is 0 Å². The Balaban J connectivity index is 2.37. The van der Waals surface area contributed by atoms with E-state index in [-0.39, 0.29) is 12.2 Å². The number of aryl methyl sites for hydroxylation is 2. The summed E-state index contributed by atoms with van der Waals surface area (Å²) in [7, 11) is 0. The van der Waals surface area contributed by atoms with Crippen molar-refractivity contribution in [2.45, 2.75) is 45.8 Å². The van der Waals surface area contributed by atoms with E-state index in [1.54, 1.807) is 26.0 Å². The SMILES string of the molecule is Cc1cccc(-c2cc(C)c(F)c(C)c2/C=C/[C@@H](O)C[C@@H](O)CC(=O)O)c1. The van der Waals surface area contributed by atoms with Gasteiger partial charge in [0.2, 0.25) is 0 Å². The van der Waals surface area contributed by atoms with E-state index in [0.29, 0.717) is 16.7 Å². The first kappa shape index (κ1) is 20.8. The molecular formula is C22H25FO4. The van der Waals surface area contributed by atoms with Crippen LogP contribution in [0.3, 0.4) is 0 Å². The largest absolute Gasteiger partial charge is 0.481 e. The molecule has 0 unspecified atom stereocenters. The fraction of sp³-hybridized carbons (Fsp3) is 0.318. The van der Waals surface area contributed by atoms with Crippen molar-refractivity contribution in [3.8, 4) is 11.1 Å². The molecule has 0 saturated heterocycles. The summed E-state index contributed by atoms with van der Waals surface area (Å²) in [5.41, 5.74) is 4.54. The molecule has 144 valence electrons. The lowest BCUT2D eigenvalue weighted by Gasteiger charge is -2.15. The zero-order chi connectivity index (χ0) is 20.1. The summed E-state index contributed by atoms with van der Waals surface area (Å²) in [5.74, 6) is -1.43. The van der Waals surface area contributed by atoms with E-state index in [9.17, 15) is 19.4 Å². The molecule has 2 aromatic rings. The van der Waals surface area contributed by atoms with Crippen LogP contribution in [-0.2, 0) is 4.79 Å². The maximum absolute atomic E-state index is 14.4. The van der Waals surface area contributed by atoms with Crippen molar-refractivity contribution in [1.82, 2.24) is 0 Å². The van der Waals surface area contributed by atoms with Gasteiger partial charge in [-0.25, -0.2) is 4.39 Å². The number of carboxylic acid groups (broad SMARTS) is 1. The van der Waals surface area contributed by atoms with Crippen LogP contribution in [0.5, 0.6) is 0 Å². The summed E-state index contributed by atoms with van der Waals surface area (Å²) in [6.45, 7) is 5.38. The van der Waals surface area contributed by atoms with Gasteiger partial charge in [0.05, 0.1) is 18.6 Å². The Labute approximate surface area is 158 Å². The molecule has 0 bridgehead atoms. The molecule has 27 heavy (non-hydrogen) atoms. The van der Waals surface area contributed by atoms with E-state index in [1.165, 1.54) is 6.08 Å². The third-order valence-corrected chi connectivity index (χ3v) is 4.47. The van der Waals surface area contributed by atoms with Crippen LogP contribution in [0.25, 0.3) is 17.2 Å². The third-order valence-electron chi connectivity index (χ3n) is 4.47. The molecule has 0 aliphatic rings. The number of hydrogen-bond acceptors (Lipinski definition) is 3. The molecule has 2 rings (SSSR count). The van der Waals surface area contributed by atoms with Gasteiger partial charge in [-0.3, -0.25) is 4.79 Å². The van der Waals surface area contributed by atoms with Crippen LogP contribution in [0.15, 0.2) is 36.4 Å². The number of halogens is 1. The molecule has 0 fully saturated rings. The highest BCUT2D eigenvalue weighted by Crippen LogP contribution is 2.31. The number of aliphatic hydroxyl groups is 2. The first-order valence-electron chi connectivity index (χ1n) is 8.82. The molecule has 0 aliphatic heterocycles. The Morgan fingerprint density at radius 2 is 1.89 bits per heavy atom. The molecule has 0 amide bonds. The topological polar surface area (TPSA) is 77.8 Å². The normalized spacial score (nSPS) is 13.7. The van der Waals surface area contributed by atoms with Crippen LogP contribution < -0.4 is 0 Å². The monoisotopic (exact) mass is 372 g/mol. The lowest BCUT2D eigenvalue weighted by molar-refractivity contribution is -0.139. The maximum atomic E-state index is 14.4. The Bertz CT molecular complexity index is 858. The summed E-state index contributed by atoms with van der Waals surface area (Å²) in [6, 6.07) is 9.65. The molecule has 5 heteroatoms. The number of rotatable bonds is 7. The van der Waals surface area contributed by atoms with Crippen molar-refractivity contribution in [2.24, 2.45) is 0 Å². The Morgan fingerprint density at radius 1 is 1.19 bits per heavy atom. The maximum Gasteiger partial charge on any atom is 0.305 e. The molecule has 0 spiro atoms. The fourth-order valence-electron chi connectivity index (χ4n) is 3.09. The smallest absolute Gasteiger partial charge is 0.305 e. The Morgan fingerprint density at radius 3 is 2.52 bits per heavy atom. The summed E-state index contributed by atoms with van der Waals surface area (Å²) >= 11 is 0. The summed E-state index contributed by atoms with van der Waals surface area (Å²) < 4.78 is 14.4. The number of aliphatic carboxylic acids is 1. The molecule has 3 N–H and O–H groups in total. The van der Waals surface area contributed by atoms with Gasteiger partial charge in [-0.2, -0.15) is 0 Å². The first-order chi connectivity index (χ1) is 12.7. The van der Waals surface area contributed by atoms with Crippen molar-refractivity contribution < 1.29 is 24.5 Å². The van der Waals surface area contributed by atoms with Crippen molar-refractivity contribution >= 4 is 12.0 Å². The molecule has 2 aromatic carbocycles. The number of carboxylic acids is 1. The van der Waals surface area contributed by atoms with E-state index in [1.807, 2.05) is 31.2 Å². The first-order valence-corrected chi connectivity index (χ1v) is 8.82. The predicted molar refractivity (Wildman–Crippen MR) is 104 cm³/mol. The molecule has 0 aliphatic carbocycles. The highest BCUT2D eigenvalue weighted by molar-refractivity contribution is 5.78. The van der Waals surface area contributed by atoms with Crippen LogP contribution in [-0.4, -0.2) is 33.5 Å².